The van der Waals surface area contributed by atoms with Crippen molar-refractivity contribution in [3.63, 3.8) is 0 Å². The summed E-state index contributed by atoms with van der Waals surface area (Å²) >= 11 is 3.22. The molecule has 1 saturated heterocycles. The van der Waals surface area contributed by atoms with Gasteiger partial charge in [-0.3, -0.25) is 10.1 Å². The molecule has 1 aliphatic rings. The zero-order valence-corrected chi connectivity index (χ0v) is 11.0. The van der Waals surface area contributed by atoms with Gasteiger partial charge in [-0.2, -0.15) is 0 Å². The molecule has 0 aromatic carbocycles. The smallest absolute Gasteiger partial charge is 0.312 e. The first-order valence-corrected chi connectivity index (χ1v) is 6.52. The van der Waals surface area contributed by atoms with Gasteiger partial charge in [0.15, 0.2) is 0 Å². The van der Waals surface area contributed by atoms with Gasteiger partial charge in [0.1, 0.15) is 0 Å². The van der Waals surface area contributed by atoms with Gasteiger partial charge in [0, 0.05) is 29.8 Å². The molecule has 1 aromatic heterocycles. The van der Waals surface area contributed by atoms with Crippen molar-refractivity contribution < 1.29 is 4.92 Å². The Balaban J connectivity index is 2.32. The Morgan fingerprint density at radius 1 is 1.29 bits per heavy atom. The van der Waals surface area contributed by atoms with Gasteiger partial charge in [-0.25, -0.2) is 4.98 Å². The molecule has 0 aliphatic carbocycles. The summed E-state index contributed by atoms with van der Waals surface area (Å²) in [7, 11) is 0. The molecule has 5 nitrogen and oxygen atoms in total. The van der Waals surface area contributed by atoms with Gasteiger partial charge in [-0.15, -0.1) is 0 Å². The fourth-order valence-electron chi connectivity index (χ4n) is 2.08. The summed E-state index contributed by atoms with van der Waals surface area (Å²) in [6.45, 7) is 1.71. The van der Waals surface area contributed by atoms with Crippen molar-refractivity contribution >= 4 is 27.4 Å². The molecule has 0 unspecified atom stereocenters. The van der Waals surface area contributed by atoms with E-state index in [-0.39, 0.29) is 10.6 Å². The van der Waals surface area contributed by atoms with E-state index in [0.29, 0.717) is 10.3 Å². The fourth-order valence-corrected chi connectivity index (χ4v) is 2.40. The summed E-state index contributed by atoms with van der Waals surface area (Å²) in [4.78, 5) is 16.9. The molecule has 1 aromatic rings. The van der Waals surface area contributed by atoms with E-state index in [1.54, 1.807) is 6.20 Å². The number of nitrogens with zero attached hydrogens (tertiary/aromatic N) is 3. The molecule has 0 bridgehead atoms. The number of pyridine rings is 1. The summed E-state index contributed by atoms with van der Waals surface area (Å²) in [6.07, 6.45) is 6.17. The lowest BCUT2D eigenvalue weighted by molar-refractivity contribution is -0.384. The first-order chi connectivity index (χ1) is 8.18. The van der Waals surface area contributed by atoms with Crippen molar-refractivity contribution in [2.24, 2.45) is 0 Å². The van der Waals surface area contributed by atoms with E-state index in [1.165, 1.54) is 18.9 Å². The van der Waals surface area contributed by atoms with Gasteiger partial charge in [-0.1, -0.05) is 12.8 Å². The Morgan fingerprint density at radius 3 is 2.53 bits per heavy atom. The molecule has 17 heavy (non-hydrogen) atoms. The molecule has 0 amide bonds. The molecule has 0 radical (unpaired) electrons. The van der Waals surface area contributed by atoms with Crippen LogP contribution < -0.4 is 4.90 Å². The Bertz CT molecular complexity index is 417. The summed E-state index contributed by atoms with van der Waals surface area (Å²) in [5, 5.41) is 11.0. The molecular weight excluding hydrogens is 286 g/mol. The lowest BCUT2D eigenvalue weighted by Crippen LogP contribution is -2.25. The predicted octanol–water partition coefficient (Wildman–Crippen LogP) is 3.13. The average molecular weight is 300 g/mol. The number of nitro groups is 1. The van der Waals surface area contributed by atoms with E-state index in [2.05, 4.69) is 20.9 Å². The number of rotatable bonds is 2. The zero-order valence-electron chi connectivity index (χ0n) is 9.43. The van der Waals surface area contributed by atoms with E-state index in [9.17, 15) is 10.1 Å². The highest BCUT2D eigenvalue weighted by atomic mass is 79.9. The second-order valence-electron chi connectivity index (χ2n) is 4.15. The number of hydrogen-bond acceptors (Lipinski definition) is 4. The third-order valence-corrected chi connectivity index (χ3v) is 3.35. The zero-order chi connectivity index (χ0) is 12.3. The SMILES string of the molecule is O=[N+]([O-])c1cc(Br)cnc1N1CCCCCC1. The van der Waals surface area contributed by atoms with Gasteiger partial charge >= 0.3 is 5.69 Å². The van der Waals surface area contributed by atoms with E-state index >= 15 is 0 Å². The molecule has 0 atom stereocenters. The summed E-state index contributed by atoms with van der Waals surface area (Å²) < 4.78 is 0.641. The monoisotopic (exact) mass is 299 g/mol. The number of hydrogen-bond donors (Lipinski definition) is 0. The normalized spacial score (nSPS) is 16.6. The van der Waals surface area contributed by atoms with Crippen molar-refractivity contribution in [1.29, 1.82) is 0 Å². The van der Waals surface area contributed by atoms with Crippen LogP contribution in [0.1, 0.15) is 25.7 Å². The second-order valence-corrected chi connectivity index (χ2v) is 5.07. The summed E-state index contributed by atoms with van der Waals surface area (Å²) in [5.41, 5.74) is 0.0845. The largest absolute Gasteiger partial charge is 0.351 e. The molecule has 92 valence electrons. The lowest BCUT2D eigenvalue weighted by Gasteiger charge is -2.20. The molecule has 2 heterocycles. The van der Waals surface area contributed by atoms with Crippen LogP contribution in [0.25, 0.3) is 0 Å². The maximum Gasteiger partial charge on any atom is 0.312 e. The van der Waals surface area contributed by atoms with Crippen LogP contribution in [0, 0.1) is 10.1 Å². The minimum Gasteiger partial charge on any atom is -0.351 e. The van der Waals surface area contributed by atoms with Crippen LogP contribution in [0.5, 0.6) is 0 Å². The van der Waals surface area contributed by atoms with Gasteiger partial charge in [-0.05, 0) is 28.8 Å². The molecule has 1 aliphatic heterocycles. The standard InChI is InChI=1S/C11H14BrN3O2/c12-9-7-10(15(16)17)11(13-8-9)14-5-3-1-2-4-6-14/h7-8H,1-6H2. The highest BCUT2D eigenvalue weighted by Crippen LogP contribution is 2.29. The fraction of sp³-hybridized carbons (Fsp3) is 0.545. The van der Waals surface area contributed by atoms with Crippen LogP contribution in [-0.2, 0) is 0 Å². The highest BCUT2D eigenvalue weighted by molar-refractivity contribution is 9.10. The Morgan fingerprint density at radius 2 is 1.94 bits per heavy atom. The maximum absolute atomic E-state index is 11.0. The van der Waals surface area contributed by atoms with Crippen LogP contribution in [0.4, 0.5) is 11.5 Å². The summed E-state index contributed by atoms with van der Waals surface area (Å²) in [5.74, 6) is 0.500. The Hall–Kier alpha value is -1.17. The van der Waals surface area contributed by atoms with Crippen LogP contribution in [0.2, 0.25) is 0 Å². The van der Waals surface area contributed by atoms with Crippen molar-refractivity contribution in [3.05, 3.63) is 26.9 Å². The first kappa shape index (κ1) is 12.3. The topological polar surface area (TPSA) is 59.3 Å². The van der Waals surface area contributed by atoms with Crippen LogP contribution in [0.3, 0.4) is 0 Å². The van der Waals surface area contributed by atoms with Crippen molar-refractivity contribution in [3.8, 4) is 0 Å². The van der Waals surface area contributed by atoms with Gasteiger partial charge in [0.25, 0.3) is 0 Å². The molecule has 1 fully saturated rings. The Kier molecular flexibility index (Phi) is 3.93. The molecule has 2 rings (SSSR count). The quantitative estimate of drug-likeness (QED) is 0.622. The van der Waals surface area contributed by atoms with E-state index in [0.717, 1.165) is 25.9 Å². The van der Waals surface area contributed by atoms with Crippen molar-refractivity contribution in [1.82, 2.24) is 4.98 Å². The number of aromatic nitrogens is 1. The molecule has 0 saturated carbocycles. The molecular formula is C11H14BrN3O2. The average Bonchev–Trinajstić information content (AvgIpc) is 2.57. The highest BCUT2D eigenvalue weighted by Gasteiger charge is 2.22. The van der Waals surface area contributed by atoms with Crippen molar-refractivity contribution in [2.45, 2.75) is 25.7 Å². The predicted molar refractivity (Wildman–Crippen MR) is 69.3 cm³/mol. The maximum atomic E-state index is 11.0. The third kappa shape index (κ3) is 2.94. The number of halogens is 1. The second kappa shape index (κ2) is 5.44. The van der Waals surface area contributed by atoms with Crippen LogP contribution in [0.15, 0.2) is 16.7 Å². The minimum atomic E-state index is -0.363. The molecule has 0 spiro atoms. The third-order valence-electron chi connectivity index (χ3n) is 2.92. The molecule has 6 heteroatoms. The van der Waals surface area contributed by atoms with Gasteiger partial charge in [0.05, 0.1) is 4.92 Å². The van der Waals surface area contributed by atoms with E-state index < -0.39 is 0 Å². The van der Waals surface area contributed by atoms with E-state index in [4.69, 9.17) is 0 Å². The van der Waals surface area contributed by atoms with Crippen molar-refractivity contribution in [2.75, 3.05) is 18.0 Å². The van der Waals surface area contributed by atoms with Crippen LogP contribution >= 0.6 is 15.9 Å². The first-order valence-electron chi connectivity index (χ1n) is 5.73. The van der Waals surface area contributed by atoms with Crippen LogP contribution in [-0.4, -0.2) is 23.0 Å². The van der Waals surface area contributed by atoms with Gasteiger partial charge in [0.2, 0.25) is 5.82 Å². The number of anilines is 1. The van der Waals surface area contributed by atoms with E-state index in [1.807, 2.05) is 4.90 Å². The summed E-state index contributed by atoms with van der Waals surface area (Å²) in [6, 6.07) is 1.52. The minimum absolute atomic E-state index is 0.0845. The Labute approximate surface area is 108 Å². The lowest BCUT2D eigenvalue weighted by atomic mass is 10.2. The molecule has 0 N–H and O–H groups in total. The van der Waals surface area contributed by atoms with Gasteiger partial charge < -0.3 is 4.90 Å².